The van der Waals surface area contributed by atoms with Crippen LogP contribution in [-0.2, 0) is 4.74 Å². The van der Waals surface area contributed by atoms with Gasteiger partial charge < -0.3 is 10.1 Å². The molecule has 2 aromatic rings. The first kappa shape index (κ1) is 12.8. The monoisotopic (exact) mass is 244 g/mol. The third-order valence-electron chi connectivity index (χ3n) is 3.09. The van der Waals surface area contributed by atoms with E-state index in [0.29, 0.717) is 18.6 Å². The van der Waals surface area contributed by atoms with Gasteiger partial charge in [-0.3, -0.25) is 4.98 Å². The van der Waals surface area contributed by atoms with Crippen molar-refractivity contribution in [1.82, 2.24) is 4.98 Å². The maximum Gasteiger partial charge on any atom is 0.0703 e. The van der Waals surface area contributed by atoms with Gasteiger partial charge in [0.25, 0.3) is 0 Å². The first-order valence-electron chi connectivity index (χ1n) is 6.31. The van der Waals surface area contributed by atoms with E-state index in [9.17, 15) is 0 Å². The van der Waals surface area contributed by atoms with Crippen molar-refractivity contribution in [1.29, 1.82) is 0 Å². The van der Waals surface area contributed by atoms with Crippen molar-refractivity contribution in [3.05, 3.63) is 36.5 Å². The van der Waals surface area contributed by atoms with Crippen LogP contribution in [0.3, 0.4) is 0 Å². The molecule has 0 saturated heterocycles. The van der Waals surface area contributed by atoms with Gasteiger partial charge in [-0.25, -0.2) is 0 Å². The van der Waals surface area contributed by atoms with Crippen molar-refractivity contribution < 1.29 is 4.74 Å². The van der Waals surface area contributed by atoms with Crippen LogP contribution in [-0.4, -0.2) is 24.7 Å². The summed E-state index contributed by atoms with van der Waals surface area (Å²) in [4.78, 5) is 4.45. The van der Waals surface area contributed by atoms with Gasteiger partial charge in [0.15, 0.2) is 0 Å². The summed E-state index contributed by atoms with van der Waals surface area (Å²) < 4.78 is 5.24. The number of hydrogen-bond acceptors (Lipinski definition) is 3. The highest BCUT2D eigenvalue weighted by Gasteiger charge is 2.12. The number of aromatic nitrogens is 1. The quantitative estimate of drug-likeness (QED) is 0.876. The Morgan fingerprint density at radius 3 is 2.78 bits per heavy atom. The molecule has 0 bridgehead atoms. The van der Waals surface area contributed by atoms with Crippen LogP contribution in [0.5, 0.6) is 0 Å². The number of rotatable bonds is 5. The van der Waals surface area contributed by atoms with E-state index in [1.165, 1.54) is 0 Å². The van der Waals surface area contributed by atoms with Crippen LogP contribution in [0.15, 0.2) is 36.5 Å². The number of hydrogen-bond donors (Lipinski definition) is 1. The normalized spacial score (nSPS) is 12.9. The second-order valence-corrected chi connectivity index (χ2v) is 4.87. The van der Waals surface area contributed by atoms with E-state index in [2.05, 4.69) is 36.3 Å². The van der Waals surface area contributed by atoms with Crippen LogP contribution in [0.4, 0.5) is 5.69 Å². The maximum absolute atomic E-state index is 5.24. The Bertz CT molecular complexity index is 511. The fraction of sp³-hybridized carbons (Fsp3) is 0.400. The highest BCUT2D eigenvalue weighted by atomic mass is 16.5. The number of benzene rings is 1. The minimum absolute atomic E-state index is 0.304. The highest BCUT2D eigenvalue weighted by Crippen LogP contribution is 2.18. The van der Waals surface area contributed by atoms with Gasteiger partial charge in [0, 0.05) is 12.5 Å². The predicted octanol–water partition coefficient (Wildman–Crippen LogP) is 3.32. The maximum atomic E-state index is 5.24. The van der Waals surface area contributed by atoms with Gasteiger partial charge in [-0.1, -0.05) is 32.0 Å². The van der Waals surface area contributed by atoms with Crippen molar-refractivity contribution in [2.24, 2.45) is 5.92 Å². The predicted molar refractivity (Wildman–Crippen MR) is 75.9 cm³/mol. The summed E-state index contributed by atoms with van der Waals surface area (Å²) in [6.07, 6.45) is 1.88. The Kier molecular flexibility index (Phi) is 4.15. The van der Waals surface area contributed by atoms with Gasteiger partial charge in [-0.2, -0.15) is 0 Å². The Hall–Kier alpha value is -1.61. The lowest BCUT2D eigenvalue weighted by Crippen LogP contribution is -2.30. The van der Waals surface area contributed by atoms with Crippen molar-refractivity contribution >= 4 is 16.6 Å². The number of ether oxygens (including phenoxy) is 1. The minimum Gasteiger partial charge on any atom is -0.383 e. The van der Waals surface area contributed by atoms with Crippen LogP contribution in [0.2, 0.25) is 0 Å². The molecule has 0 fully saturated rings. The molecule has 1 heterocycles. The molecule has 0 aliphatic heterocycles. The van der Waals surface area contributed by atoms with Crippen molar-refractivity contribution in [3.63, 3.8) is 0 Å². The molecular formula is C15H20N2O. The van der Waals surface area contributed by atoms with Crippen LogP contribution in [0.25, 0.3) is 10.9 Å². The topological polar surface area (TPSA) is 34.1 Å². The molecule has 0 aliphatic carbocycles. The first-order chi connectivity index (χ1) is 8.70. The molecule has 3 heteroatoms. The Balaban J connectivity index is 2.20. The molecule has 1 N–H and O–H groups in total. The molecule has 2 rings (SSSR count). The molecule has 0 spiro atoms. The number of fused-ring (bicyclic) bond motifs is 1. The molecule has 1 unspecified atom stereocenters. The Morgan fingerprint density at radius 1 is 1.28 bits per heavy atom. The SMILES string of the molecule is COCC(Nc1cnc2ccccc2c1)C(C)C. The van der Waals surface area contributed by atoms with Gasteiger partial charge in [-0.15, -0.1) is 0 Å². The highest BCUT2D eigenvalue weighted by molar-refractivity contribution is 5.81. The molecule has 1 atom stereocenters. The summed E-state index contributed by atoms with van der Waals surface area (Å²) in [7, 11) is 1.73. The summed E-state index contributed by atoms with van der Waals surface area (Å²) >= 11 is 0. The molecule has 0 saturated carbocycles. The Labute approximate surface area is 108 Å². The largest absolute Gasteiger partial charge is 0.383 e. The molecule has 0 aliphatic rings. The van der Waals surface area contributed by atoms with Gasteiger partial charge in [0.2, 0.25) is 0 Å². The van der Waals surface area contributed by atoms with Gasteiger partial charge in [0.1, 0.15) is 0 Å². The second-order valence-electron chi connectivity index (χ2n) is 4.87. The lowest BCUT2D eigenvalue weighted by atomic mass is 10.1. The molecule has 1 aromatic heterocycles. The standard InChI is InChI=1S/C15H20N2O/c1-11(2)15(10-18-3)17-13-8-12-6-4-5-7-14(12)16-9-13/h4-9,11,15,17H,10H2,1-3H3. The zero-order valence-electron chi connectivity index (χ0n) is 11.2. The second kappa shape index (κ2) is 5.83. The molecule has 0 amide bonds. The average molecular weight is 244 g/mol. The van der Waals surface area contributed by atoms with E-state index in [4.69, 9.17) is 4.74 Å². The van der Waals surface area contributed by atoms with E-state index >= 15 is 0 Å². The van der Waals surface area contributed by atoms with Gasteiger partial charge >= 0.3 is 0 Å². The van der Waals surface area contributed by atoms with Crippen LogP contribution >= 0.6 is 0 Å². The zero-order valence-corrected chi connectivity index (χ0v) is 11.2. The number of nitrogens with zero attached hydrogens (tertiary/aromatic N) is 1. The van der Waals surface area contributed by atoms with E-state index in [1.54, 1.807) is 7.11 Å². The third-order valence-corrected chi connectivity index (χ3v) is 3.09. The fourth-order valence-corrected chi connectivity index (χ4v) is 1.94. The molecule has 18 heavy (non-hydrogen) atoms. The first-order valence-corrected chi connectivity index (χ1v) is 6.31. The lowest BCUT2D eigenvalue weighted by molar-refractivity contribution is 0.171. The van der Waals surface area contributed by atoms with E-state index in [-0.39, 0.29) is 0 Å². The summed E-state index contributed by atoms with van der Waals surface area (Å²) in [6, 6.07) is 10.6. The molecule has 3 nitrogen and oxygen atoms in total. The van der Waals surface area contributed by atoms with Crippen molar-refractivity contribution in [2.45, 2.75) is 19.9 Å². The Morgan fingerprint density at radius 2 is 2.06 bits per heavy atom. The number of para-hydroxylation sites is 1. The lowest BCUT2D eigenvalue weighted by Gasteiger charge is -2.22. The number of nitrogens with one attached hydrogen (secondary N) is 1. The number of methoxy groups -OCH3 is 1. The summed E-state index contributed by atoms with van der Waals surface area (Å²) in [6.45, 7) is 5.07. The average Bonchev–Trinajstić information content (AvgIpc) is 2.38. The van der Waals surface area contributed by atoms with E-state index in [1.807, 2.05) is 24.4 Å². The summed E-state index contributed by atoms with van der Waals surface area (Å²) in [5.74, 6) is 0.511. The number of pyridine rings is 1. The van der Waals surface area contributed by atoms with Gasteiger partial charge in [0.05, 0.1) is 30.0 Å². The molecule has 1 aromatic carbocycles. The van der Waals surface area contributed by atoms with Crippen LogP contribution in [0.1, 0.15) is 13.8 Å². The van der Waals surface area contributed by atoms with E-state index in [0.717, 1.165) is 16.6 Å². The molecule has 96 valence electrons. The fourth-order valence-electron chi connectivity index (χ4n) is 1.94. The summed E-state index contributed by atoms with van der Waals surface area (Å²) in [5, 5.41) is 4.64. The van der Waals surface area contributed by atoms with Crippen LogP contribution < -0.4 is 5.32 Å². The molecular weight excluding hydrogens is 224 g/mol. The third kappa shape index (κ3) is 2.99. The van der Waals surface area contributed by atoms with Crippen molar-refractivity contribution in [3.8, 4) is 0 Å². The van der Waals surface area contributed by atoms with Gasteiger partial charge in [-0.05, 0) is 18.1 Å². The van der Waals surface area contributed by atoms with E-state index < -0.39 is 0 Å². The zero-order chi connectivity index (χ0) is 13.0. The van der Waals surface area contributed by atoms with Crippen LogP contribution in [0, 0.1) is 5.92 Å². The summed E-state index contributed by atoms with van der Waals surface area (Å²) in [5.41, 5.74) is 2.07. The smallest absolute Gasteiger partial charge is 0.0703 e. The minimum atomic E-state index is 0.304. The number of anilines is 1. The van der Waals surface area contributed by atoms with Crippen molar-refractivity contribution in [2.75, 3.05) is 19.0 Å². The molecule has 0 radical (unpaired) electrons.